The molecule has 2 rings (SSSR count). The van der Waals surface area contributed by atoms with Crippen LogP contribution >= 0.6 is 0 Å². The van der Waals surface area contributed by atoms with Crippen LogP contribution in [0.3, 0.4) is 0 Å². The summed E-state index contributed by atoms with van der Waals surface area (Å²) in [6.45, 7) is 4.54. The van der Waals surface area contributed by atoms with E-state index in [0.717, 1.165) is 30.0 Å². The summed E-state index contributed by atoms with van der Waals surface area (Å²) >= 11 is 0. The summed E-state index contributed by atoms with van der Waals surface area (Å²) in [5.41, 5.74) is 0. The first-order valence-corrected chi connectivity index (χ1v) is 15.2. The molecule has 2 aromatic carbocycles. The molecule has 200 valence electrons. The van der Waals surface area contributed by atoms with Gasteiger partial charge in [-0.05, 0) is 17.9 Å². The summed E-state index contributed by atoms with van der Waals surface area (Å²) in [6, 6.07) is 12.9. The van der Waals surface area contributed by atoms with Gasteiger partial charge in [0.25, 0.3) is 10.1 Å². The predicted molar refractivity (Wildman–Crippen MR) is 149 cm³/mol. The minimum Gasteiger partial charge on any atom is -1.00 e. The first-order valence-electron chi connectivity index (χ1n) is 13.8. The Hall–Kier alpha value is -0.720. The predicted octanol–water partition coefficient (Wildman–Crippen LogP) is 6.13. The molecule has 36 heavy (non-hydrogen) atoms. The maximum atomic E-state index is 12.6. The Kier molecular flexibility index (Phi) is 22.9. The van der Waals surface area contributed by atoms with Crippen LogP contribution in [-0.2, 0) is 19.1 Å². The van der Waals surface area contributed by atoms with Crippen molar-refractivity contribution in [3.05, 3.63) is 42.5 Å². The topological polar surface area (TPSA) is 60.4 Å². The molecule has 0 radical (unpaired) electrons. The Labute approximate surface area is 244 Å². The zero-order valence-electron chi connectivity index (χ0n) is 24.0. The van der Waals surface area contributed by atoms with Gasteiger partial charge in [-0.1, -0.05) is 146 Å². The second-order valence-electron chi connectivity index (χ2n) is 9.41. The fourth-order valence-electron chi connectivity index (χ4n) is 4.47. The Morgan fingerprint density at radius 3 is 1.56 bits per heavy atom. The Morgan fingerprint density at radius 2 is 1.06 bits per heavy atom. The van der Waals surface area contributed by atoms with E-state index >= 15 is 0 Å². The van der Waals surface area contributed by atoms with Crippen LogP contribution in [0.25, 0.3) is 10.8 Å². The molecule has 6 heteroatoms. The summed E-state index contributed by atoms with van der Waals surface area (Å²) in [5, 5.41) is 1.64. The molecule has 0 aliphatic rings. The van der Waals surface area contributed by atoms with Crippen molar-refractivity contribution in [1.29, 1.82) is 0 Å². The number of carbonyl (C=O) groups is 1. The molecule has 0 N–H and O–H groups in total. The van der Waals surface area contributed by atoms with Crippen molar-refractivity contribution in [3.63, 3.8) is 0 Å². The van der Waals surface area contributed by atoms with Gasteiger partial charge in [-0.25, -0.2) is 0 Å². The van der Waals surface area contributed by atoms with E-state index in [1.54, 1.807) is 12.1 Å². The van der Waals surface area contributed by atoms with Gasteiger partial charge in [-0.15, -0.1) is 0 Å². The zero-order chi connectivity index (χ0) is 25.6. The number of hydrogen-bond donors (Lipinski definition) is 0. The van der Waals surface area contributed by atoms with E-state index in [9.17, 15) is 8.42 Å². The van der Waals surface area contributed by atoms with Gasteiger partial charge in [-0.3, -0.25) is 4.18 Å². The quantitative estimate of drug-likeness (QED) is 0.118. The van der Waals surface area contributed by atoms with Crippen LogP contribution in [0.5, 0.6) is 0 Å². The third-order valence-corrected chi connectivity index (χ3v) is 7.88. The minimum absolute atomic E-state index is 0. The number of rotatable bonds is 20. The molecule has 0 aromatic heterocycles. The third kappa shape index (κ3) is 15.5. The number of carbonyl (C=O) groups excluding carboxylic acids is 1. The van der Waals surface area contributed by atoms with Gasteiger partial charge in [-0.2, -0.15) is 8.42 Å². The molecule has 0 heterocycles. The fourth-order valence-corrected chi connectivity index (χ4v) is 5.64. The van der Waals surface area contributed by atoms with Gasteiger partial charge in [0.1, 0.15) is 11.7 Å². The molecule has 0 aliphatic heterocycles. The Balaban J connectivity index is 0. The molecule has 0 unspecified atom stereocenters. The first-order chi connectivity index (χ1) is 17.1. The van der Waals surface area contributed by atoms with Crippen LogP contribution in [0.2, 0.25) is 0 Å². The van der Waals surface area contributed by atoms with E-state index in [1.165, 1.54) is 89.9 Å². The van der Waals surface area contributed by atoms with Crippen LogP contribution in [0.1, 0.15) is 118 Å². The summed E-state index contributed by atoms with van der Waals surface area (Å²) < 4.78 is 30.5. The van der Waals surface area contributed by atoms with E-state index in [-0.39, 0.29) is 42.5 Å². The molecule has 0 fully saturated rings. The first kappa shape index (κ1) is 35.3. The molecular weight excluding hydrogens is 479 g/mol. The van der Waals surface area contributed by atoms with Crippen molar-refractivity contribution in [2.24, 2.45) is 0 Å². The van der Waals surface area contributed by atoms with Crippen LogP contribution in [0.15, 0.2) is 47.4 Å². The second kappa shape index (κ2) is 23.4. The standard InChI is InChI=1S/C29H46O3S.CH2O.Na.H/c1-2-3-4-5-6-7-8-9-10-11-12-13-14-15-16-17-20-26-32-33(30,31)29-25-21-23-27-22-18-19-24-28(27)29;1-2;;/h18-19,21-25H,2-17,20,26H2,1H3;1H2;;/q;;+1;-1. The molecular formula is C30H49NaO4S. The van der Waals surface area contributed by atoms with Crippen molar-refractivity contribution in [2.75, 3.05) is 6.61 Å². The maximum absolute atomic E-state index is 12.6. The van der Waals surface area contributed by atoms with Crippen LogP contribution in [0, 0.1) is 0 Å². The normalized spacial score (nSPS) is 11.0. The number of hydrogen-bond acceptors (Lipinski definition) is 4. The SMILES string of the molecule is C=O.CCCCCCCCCCCCCCCCCCCOS(=O)(=O)c1cccc2ccccc12.[H-].[Na+]. The largest absolute Gasteiger partial charge is 1.00 e. The van der Waals surface area contributed by atoms with Gasteiger partial charge in [0, 0.05) is 5.39 Å². The number of fused-ring (bicyclic) bond motifs is 1. The summed E-state index contributed by atoms with van der Waals surface area (Å²) in [5.74, 6) is 0. The second-order valence-corrected chi connectivity index (χ2v) is 11.0. The smallest absolute Gasteiger partial charge is 1.00 e. The molecule has 0 atom stereocenters. The molecule has 0 bridgehead atoms. The van der Waals surface area contributed by atoms with E-state index in [0.29, 0.717) is 0 Å². The van der Waals surface area contributed by atoms with E-state index < -0.39 is 10.1 Å². The number of benzene rings is 2. The Morgan fingerprint density at radius 1 is 0.639 bits per heavy atom. The molecule has 0 saturated carbocycles. The fraction of sp³-hybridized carbons (Fsp3) is 0.633. The molecule has 4 nitrogen and oxygen atoms in total. The number of unbranched alkanes of at least 4 members (excludes halogenated alkanes) is 16. The van der Waals surface area contributed by atoms with Crippen molar-refractivity contribution in [3.8, 4) is 0 Å². The molecule has 0 amide bonds. The van der Waals surface area contributed by atoms with Gasteiger partial charge in [0.05, 0.1) is 6.61 Å². The van der Waals surface area contributed by atoms with E-state index in [2.05, 4.69) is 6.92 Å². The monoisotopic (exact) mass is 528 g/mol. The average Bonchev–Trinajstić information content (AvgIpc) is 2.88. The van der Waals surface area contributed by atoms with Crippen LogP contribution in [0.4, 0.5) is 0 Å². The third-order valence-electron chi connectivity index (χ3n) is 6.51. The van der Waals surface area contributed by atoms with Crippen LogP contribution in [-0.4, -0.2) is 21.8 Å². The minimum atomic E-state index is -3.71. The summed E-state index contributed by atoms with van der Waals surface area (Å²) in [7, 11) is -3.71. The summed E-state index contributed by atoms with van der Waals surface area (Å²) in [6.07, 6.45) is 22.3. The van der Waals surface area contributed by atoms with Crippen molar-refractivity contribution in [1.82, 2.24) is 0 Å². The van der Waals surface area contributed by atoms with Crippen molar-refractivity contribution >= 4 is 27.7 Å². The van der Waals surface area contributed by atoms with E-state index in [1.807, 2.05) is 37.1 Å². The van der Waals surface area contributed by atoms with Crippen molar-refractivity contribution in [2.45, 2.75) is 121 Å². The van der Waals surface area contributed by atoms with Gasteiger partial charge < -0.3 is 6.22 Å². The van der Waals surface area contributed by atoms with Gasteiger partial charge >= 0.3 is 29.6 Å². The van der Waals surface area contributed by atoms with E-state index in [4.69, 9.17) is 8.98 Å². The molecule has 0 saturated heterocycles. The zero-order valence-corrected chi connectivity index (χ0v) is 25.8. The Bertz CT molecular complexity index is 887. The maximum Gasteiger partial charge on any atom is 1.00 e. The molecule has 0 spiro atoms. The molecule has 0 aliphatic carbocycles. The average molecular weight is 529 g/mol. The van der Waals surface area contributed by atoms with Crippen molar-refractivity contribution < 1.29 is 48.4 Å². The van der Waals surface area contributed by atoms with Crippen LogP contribution < -0.4 is 29.6 Å². The molecule has 2 aromatic rings. The van der Waals surface area contributed by atoms with Gasteiger partial charge in [0.15, 0.2) is 0 Å². The van der Waals surface area contributed by atoms with Gasteiger partial charge in [0.2, 0.25) is 0 Å². The summed E-state index contributed by atoms with van der Waals surface area (Å²) in [4.78, 5) is 8.27.